The van der Waals surface area contributed by atoms with E-state index in [9.17, 15) is 14.0 Å². The molecule has 9 heteroatoms. The summed E-state index contributed by atoms with van der Waals surface area (Å²) in [5.41, 5.74) is 6.05. The number of ether oxygens (including phenoxy) is 1. The molecule has 3 N–H and O–H groups in total. The van der Waals surface area contributed by atoms with E-state index in [2.05, 4.69) is 15.3 Å². The highest BCUT2D eigenvalue weighted by molar-refractivity contribution is 6.13. The third-order valence-corrected chi connectivity index (χ3v) is 4.65. The smallest absolute Gasteiger partial charge is 0.224 e. The Kier molecular flexibility index (Phi) is 5.72. The van der Waals surface area contributed by atoms with Crippen LogP contribution >= 0.6 is 0 Å². The first-order chi connectivity index (χ1) is 13.4. The third kappa shape index (κ3) is 4.03. The number of nitrogens with zero attached hydrogens (tertiary/aromatic N) is 3. The maximum atomic E-state index is 13.6. The van der Waals surface area contributed by atoms with Gasteiger partial charge in [-0.15, -0.1) is 0 Å². The number of nitrogens with one attached hydrogen (secondary N) is 1. The Labute approximate surface area is 161 Å². The van der Waals surface area contributed by atoms with Gasteiger partial charge in [0.2, 0.25) is 17.6 Å². The monoisotopic (exact) mass is 387 g/mol. The highest BCUT2D eigenvalue weighted by Crippen LogP contribution is 2.25. The number of benzene rings is 1. The van der Waals surface area contributed by atoms with Crippen LogP contribution in [0, 0.1) is 5.82 Å². The lowest BCUT2D eigenvalue weighted by atomic mass is 10.0. The number of carbonyl (C=O) groups excluding carboxylic acids is 2. The second-order valence-electron chi connectivity index (χ2n) is 6.49. The van der Waals surface area contributed by atoms with Crippen LogP contribution < -0.4 is 15.8 Å². The van der Waals surface area contributed by atoms with Crippen molar-refractivity contribution in [2.24, 2.45) is 0 Å². The van der Waals surface area contributed by atoms with Gasteiger partial charge < -0.3 is 20.7 Å². The van der Waals surface area contributed by atoms with Crippen molar-refractivity contribution in [3.05, 3.63) is 41.3 Å². The van der Waals surface area contributed by atoms with Crippen molar-refractivity contribution in [1.82, 2.24) is 14.9 Å². The van der Waals surface area contributed by atoms with Crippen molar-refractivity contribution < 1.29 is 18.7 Å². The lowest BCUT2D eigenvalue weighted by Crippen LogP contribution is -2.31. The van der Waals surface area contributed by atoms with Gasteiger partial charge in [-0.2, -0.15) is 4.98 Å². The zero-order valence-electron chi connectivity index (χ0n) is 15.7. The summed E-state index contributed by atoms with van der Waals surface area (Å²) in [6.45, 7) is 3.07. The lowest BCUT2D eigenvalue weighted by Gasteiger charge is -2.16. The summed E-state index contributed by atoms with van der Waals surface area (Å²) in [6, 6.07) is 3.68. The molecule has 0 spiro atoms. The molecule has 0 saturated carbocycles. The maximum Gasteiger partial charge on any atom is 0.224 e. The number of amides is 1. The summed E-state index contributed by atoms with van der Waals surface area (Å²) in [5.74, 6) is -0.492. The number of ketones is 1. The molecule has 3 rings (SSSR count). The third-order valence-electron chi connectivity index (χ3n) is 4.65. The molecule has 1 atom stereocenters. The number of hydrogen-bond acceptors (Lipinski definition) is 7. The zero-order chi connectivity index (χ0) is 20.3. The summed E-state index contributed by atoms with van der Waals surface area (Å²) in [5, 5.41) is 3.14. The van der Waals surface area contributed by atoms with Gasteiger partial charge >= 0.3 is 0 Å². The maximum absolute atomic E-state index is 13.6. The minimum Gasteiger partial charge on any atom is -0.496 e. The minimum absolute atomic E-state index is 0.0137. The molecule has 2 heterocycles. The standard InChI is InChI=1S/C19H22FN5O3/c1-3-16(26)25-7-6-12(10-25)23-19-22-9-14(18(21)24-19)17(27)13-8-11(20)4-5-15(13)28-2/h4-5,8-9,12H,3,6-7,10H2,1-2H3,(H3,21,22,23,24)/t12-/m1/s1. The molecule has 0 unspecified atom stereocenters. The number of likely N-dealkylation sites (tertiary alicyclic amines) is 1. The summed E-state index contributed by atoms with van der Waals surface area (Å²) in [6.07, 6.45) is 2.55. The van der Waals surface area contributed by atoms with Crippen LogP contribution in [0.15, 0.2) is 24.4 Å². The second kappa shape index (κ2) is 8.20. The summed E-state index contributed by atoms with van der Waals surface area (Å²) < 4.78 is 18.7. The molecule has 1 aliphatic rings. The minimum atomic E-state index is -0.561. The molecule has 0 bridgehead atoms. The molecule has 1 amide bonds. The van der Waals surface area contributed by atoms with Crippen molar-refractivity contribution >= 4 is 23.5 Å². The number of carbonyl (C=O) groups is 2. The van der Waals surface area contributed by atoms with Crippen LogP contribution in [0.2, 0.25) is 0 Å². The fraction of sp³-hybridized carbons (Fsp3) is 0.368. The van der Waals surface area contributed by atoms with Crippen LogP contribution in [-0.2, 0) is 4.79 Å². The quantitative estimate of drug-likeness (QED) is 0.728. The summed E-state index contributed by atoms with van der Waals surface area (Å²) >= 11 is 0. The molecule has 2 aromatic rings. The number of nitrogen functional groups attached to an aromatic ring is 1. The first kappa shape index (κ1) is 19.5. The zero-order valence-corrected chi connectivity index (χ0v) is 15.7. The molecule has 0 radical (unpaired) electrons. The topological polar surface area (TPSA) is 110 Å². The Morgan fingerprint density at radius 3 is 2.86 bits per heavy atom. The molecular formula is C19H22FN5O3. The van der Waals surface area contributed by atoms with Gasteiger partial charge in [-0.05, 0) is 24.6 Å². The Balaban J connectivity index is 1.75. The average molecular weight is 387 g/mol. The average Bonchev–Trinajstić information content (AvgIpc) is 3.15. The number of methoxy groups -OCH3 is 1. The van der Waals surface area contributed by atoms with Crippen LogP contribution in [0.25, 0.3) is 0 Å². The van der Waals surface area contributed by atoms with Crippen LogP contribution in [-0.4, -0.2) is 52.8 Å². The second-order valence-corrected chi connectivity index (χ2v) is 6.49. The molecule has 148 valence electrons. The molecule has 1 aromatic carbocycles. The molecule has 0 aliphatic carbocycles. The number of aromatic nitrogens is 2. The van der Waals surface area contributed by atoms with Gasteiger partial charge in [0.15, 0.2) is 0 Å². The van der Waals surface area contributed by atoms with Gasteiger partial charge in [0.1, 0.15) is 17.4 Å². The number of rotatable bonds is 6. The van der Waals surface area contributed by atoms with E-state index >= 15 is 0 Å². The largest absolute Gasteiger partial charge is 0.496 e. The molecule has 1 aromatic heterocycles. The number of halogens is 1. The SMILES string of the molecule is CCC(=O)N1CC[C@@H](Nc2ncc(C(=O)c3cc(F)ccc3OC)c(N)n2)C1. The van der Waals surface area contributed by atoms with E-state index in [1.54, 1.807) is 4.90 Å². The van der Waals surface area contributed by atoms with Gasteiger partial charge in [-0.1, -0.05) is 6.92 Å². The van der Waals surface area contributed by atoms with Crippen LogP contribution in [0.4, 0.5) is 16.2 Å². The van der Waals surface area contributed by atoms with E-state index in [4.69, 9.17) is 10.5 Å². The van der Waals surface area contributed by atoms with E-state index < -0.39 is 11.6 Å². The fourth-order valence-corrected chi connectivity index (χ4v) is 3.15. The summed E-state index contributed by atoms with van der Waals surface area (Å²) in [7, 11) is 1.39. The van der Waals surface area contributed by atoms with Crippen molar-refractivity contribution in [2.45, 2.75) is 25.8 Å². The lowest BCUT2D eigenvalue weighted by molar-refractivity contribution is -0.129. The van der Waals surface area contributed by atoms with E-state index in [0.717, 1.165) is 12.5 Å². The Morgan fingerprint density at radius 2 is 2.18 bits per heavy atom. The molecule has 1 aliphatic heterocycles. The number of hydrogen-bond donors (Lipinski definition) is 2. The normalized spacial score (nSPS) is 16.1. The van der Waals surface area contributed by atoms with E-state index in [1.165, 1.54) is 25.4 Å². The number of nitrogens with two attached hydrogens (primary N) is 1. The van der Waals surface area contributed by atoms with Gasteiger partial charge in [-0.25, -0.2) is 9.37 Å². The molecule has 1 saturated heterocycles. The summed E-state index contributed by atoms with van der Waals surface area (Å²) in [4.78, 5) is 34.6. The van der Waals surface area contributed by atoms with Gasteiger partial charge in [0, 0.05) is 31.7 Å². The molecule has 28 heavy (non-hydrogen) atoms. The van der Waals surface area contributed by atoms with E-state index in [0.29, 0.717) is 19.5 Å². The highest BCUT2D eigenvalue weighted by Gasteiger charge is 2.26. The molecular weight excluding hydrogens is 365 g/mol. The fourth-order valence-electron chi connectivity index (χ4n) is 3.15. The predicted octanol–water partition coefficient (Wildman–Crippen LogP) is 1.86. The Bertz CT molecular complexity index is 905. The number of anilines is 2. The Hall–Kier alpha value is -3.23. The van der Waals surface area contributed by atoms with Crippen molar-refractivity contribution in [1.29, 1.82) is 0 Å². The van der Waals surface area contributed by atoms with Crippen LogP contribution in [0.3, 0.4) is 0 Å². The van der Waals surface area contributed by atoms with Crippen LogP contribution in [0.1, 0.15) is 35.7 Å². The first-order valence-electron chi connectivity index (χ1n) is 8.98. The van der Waals surface area contributed by atoms with Crippen molar-refractivity contribution in [3.63, 3.8) is 0 Å². The molecule has 1 fully saturated rings. The first-order valence-corrected chi connectivity index (χ1v) is 8.98. The van der Waals surface area contributed by atoms with Crippen molar-refractivity contribution in [3.8, 4) is 5.75 Å². The predicted molar refractivity (Wildman–Crippen MR) is 102 cm³/mol. The van der Waals surface area contributed by atoms with Gasteiger partial charge in [-0.3, -0.25) is 9.59 Å². The van der Waals surface area contributed by atoms with E-state index in [-0.39, 0.29) is 40.6 Å². The Morgan fingerprint density at radius 1 is 1.39 bits per heavy atom. The molecule has 8 nitrogen and oxygen atoms in total. The van der Waals surface area contributed by atoms with Gasteiger partial charge in [0.25, 0.3) is 0 Å². The van der Waals surface area contributed by atoms with Crippen molar-refractivity contribution in [2.75, 3.05) is 31.2 Å². The van der Waals surface area contributed by atoms with Gasteiger partial charge in [0.05, 0.1) is 18.2 Å². The van der Waals surface area contributed by atoms with E-state index in [1.807, 2.05) is 6.92 Å². The highest BCUT2D eigenvalue weighted by atomic mass is 19.1. The van der Waals surface area contributed by atoms with Crippen LogP contribution in [0.5, 0.6) is 5.75 Å².